The zero-order valence-electron chi connectivity index (χ0n) is 16.4. The molecule has 1 aliphatic heterocycles. The van der Waals surface area contributed by atoms with Gasteiger partial charge in [-0.3, -0.25) is 4.79 Å². The molecule has 0 spiro atoms. The van der Waals surface area contributed by atoms with E-state index in [2.05, 4.69) is 15.5 Å². The number of fused-ring (bicyclic) bond motifs is 1. The third-order valence-electron chi connectivity index (χ3n) is 5.02. The Hall–Kier alpha value is -2.32. The van der Waals surface area contributed by atoms with Crippen LogP contribution in [0.15, 0.2) is 36.4 Å². The lowest BCUT2D eigenvalue weighted by atomic mass is 9.84. The Morgan fingerprint density at radius 2 is 2.03 bits per heavy atom. The largest absolute Gasteiger partial charge is 0.481 e. The van der Waals surface area contributed by atoms with Crippen LogP contribution in [0.1, 0.15) is 29.0 Å². The highest BCUT2D eigenvalue weighted by Crippen LogP contribution is 2.38. The first-order valence-electron chi connectivity index (χ1n) is 9.43. The van der Waals surface area contributed by atoms with Crippen molar-refractivity contribution in [3.05, 3.63) is 63.1 Å². The number of likely N-dealkylation sites (N-methyl/N-ethyl adjacent to an activating group) is 1. The van der Waals surface area contributed by atoms with Crippen LogP contribution in [-0.2, 0) is 11.3 Å². The highest BCUT2D eigenvalue weighted by molar-refractivity contribution is 6.35. The van der Waals surface area contributed by atoms with Crippen molar-refractivity contribution in [3.63, 3.8) is 0 Å². The second kappa shape index (κ2) is 9.66. The van der Waals surface area contributed by atoms with Gasteiger partial charge in [-0.2, -0.15) is 0 Å². The average Bonchev–Trinajstić information content (AvgIpc) is 2.67. The molecule has 0 aromatic heterocycles. The van der Waals surface area contributed by atoms with Gasteiger partial charge in [0.15, 0.2) is 0 Å². The Balaban J connectivity index is 1.81. The number of urea groups is 1. The molecule has 0 aliphatic carbocycles. The molecule has 0 unspecified atom stereocenters. The molecule has 1 aliphatic rings. The van der Waals surface area contributed by atoms with Crippen LogP contribution in [0.4, 0.5) is 10.5 Å². The van der Waals surface area contributed by atoms with Gasteiger partial charge in [-0.15, -0.1) is 0 Å². The summed E-state index contributed by atoms with van der Waals surface area (Å²) in [5.41, 5.74) is 3.65. The van der Waals surface area contributed by atoms with Gasteiger partial charge >= 0.3 is 12.0 Å². The van der Waals surface area contributed by atoms with Crippen LogP contribution < -0.4 is 10.6 Å². The van der Waals surface area contributed by atoms with Crippen LogP contribution in [0.25, 0.3) is 0 Å². The molecule has 0 saturated carbocycles. The first kappa shape index (κ1) is 22.4. The van der Waals surface area contributed by atoms with Crippen LogP contribution >= 0.6 is 23.2 Å². The van der Waals surface area contributed by atoms with Gasteiger partial charge in [-0.25, -0.2) is 4.79 Å². The molecule has 0 saturated heterocycles. The molecule has 2 amide bonds. The van der Waals surface area contributed by atoms with E-state index in [1.54, 1.807) is 12.1 Å². The highest BCUT2D eigenvalue weighted by Gasteiger charge is 2.27. The van der Waals surface area contributed by atoms with Gasteiger partial charge in [0.05, 0.1) is 19.1 Å². The molecule has 2 aromatic rings. The fourth-order valence-corrected chi connectivity index (χ4v) is 4.26. The zero-order chi connectivity index (χ0) is 21.8. The summed E-state index contributed by atoms with van der Waals surface area (Å²) >= 11 is 12.7. The number of amides is 2. The summed E-state index contributed by atoms with van der Waals surface area (Å²) in [4.78, 5) is 25.2. The summed E-state index contributed by atoms with van der Waals surface area (Å²) in [5.74, 6) is -1.08. The van der Waals surface area contributed by atoms with Crippen molar-refractivity contribution in [1.29, 1.82) is 0 Å². The van der Waals surface area contributed by atoms with Crippen LogP contribution in [0.2, 0.25) is 10.0 Å². The first-order valence-corrected chi connectivity index (χ1v) is 10.2. The number of nitrogens with zero attached hydrogens (tertiary/aromatic N) is 1. The molecule has 9 heteroatoms. The Morgan fingerprint density at radius 3 is 2.73 bits per heavy atom. The topological polar surface area (TPSA) is 102 Å². The summed E-state index contributed by atoms with van der Waals surface area (Å²) in [5, 5.41) is 24.4. The maximum atomic E-state index is 12.2. The molecule has 2 atom stereocenters. The first-order chi connectivity index (χ1) is 14.3. The van der Waals surface area contributed by atoms with Crippen molar-refractivity contribution in [2.24, 2.45) is 0 Å². The number of aliphatic hydroxyl groups is 1. The number of nitrogens with one attached hydrogen (secondary N) is 2. The zero-order valence-corrected chi connectivity index (χ0v) is 17.9. The van der Waals surface area contributed by atoms with Gasteiger partial charge in [0, 0.05) is 34.7 Å². The van der Waals surface area contributed by atoms with E-state index in [4.69, 9.17) is 28.3 Å². The SMILES string of the molecule is CN1Cc2c(Cl)cc(Cl)cc2[C@H](c2cccc(NC(=O)N[C@H](CO)CC(=O)O)c2)C1. The molecule has 0 bridgehead atoms. The number of carbonyl (C=O) groups excluding carboxylic acids is 1. The standard InChI is InChI=1S/C21H23Cl2N3O4/c1-26-9-17(16-6-13(22)7-19(23)18(16)10-26)12-3-2-4-14(5-12)24-21(30)25-15(11-27)8-20(28)29/h2-7,15,17,27H,8-11H2,1H3,(H,28,29)(H2,24,25,30)/t15-,17-/m0/s1. The van der Waals surface area contributed by atoms with E-state index in [1.165, 1.54) is 0 Å². The highest BCUT2D eigenvalue weighted by atomic mass is 35.5. The number of aliphatic hydroxyl groups excluding tert-OH is 1. The number of rotatable bonds is 6. The van der Waals surface area contributed by atoms with E-state index in [-0.39, 0.29) is 12.3 Å². The van der Waals surface area contributed by atoms with Gasteiger partial charge in [-0.1, -0.05) is 35.3 Å². The predicted octanol–water partition coefficient (Wildman–Crippen LogP) is 3.53. The minimum atomic E-state index is -1.10. The third kappa shape index (κ3) is 5.43. The Labute approximate surface area is 184 Å². The van der Waals surface area contributed by atoms with Crippen molar-refractivity contribution >= 4 is 40.9 Å². The van der Waals surface area contributed by atoms with Crippen LogP contribution in [0, 0.1) is 0 Å². The second-order valence-electron chi connectivity index (χ2n) is 7.41. The fraction of sp³-hybridized carbons (Fsp3) is 0.333. The van der Waals surface area contributed by atoms with E-state index >= 15 is 0 Å². The maximum Gasteiger partial charge on any atom is 0.319 e. The van der Waals surface area contributed by atoms with Crippen molar-refractivity contribution in [2.75, 3.05) is 25.5 Å². The van der Waals surface area contributed by atoms with Crippen molar-refractivity contribution in [3.8, 4) is 0 Å². The lowest BCUT2D eigenvalue weighted by molar-refractivity contribution is -0.137. The fourth-order valence-electron chi connectivity index (χ4n) is 3.69. The number of hydrogen-bond acceptors (Lipinski definition) is 4. The molecule has 0 fully saturated rings. The lowest BCUT2D eigenvalue weighted by Crippen LogP contribution is -2.41. The van der Waals surface area contributed by atoms with Gasteiger partial charge in [0.2, 0.25) is 0 Å². The minimum Gasteiger partial charge on any atom is -0.481 e. The molecule has 3 rings (SSSR count). The molecule has 0 radical (unpaired) electrons. The quantitative estimate of drug-likeness (QED) is 0.537. The normalized spacial score (nSPS) is 17.1. The molecule has 7 nitrogen and oxygen atoms in total. The van der Waals surface area contributed by atoms with Crippen LogP contribution in [0.5, 0.6) is 0 Å². The summed E-state index contributed by atoms with van der Waals surface area (Å²) in [6.45, 7) is 1.03. The number of halogens is 2. The number of carboxylic acid groups (broad SMARTS) is 1. The van der Waals surface area contributed by atoms with Gasteiger partial charge in [0.25, 0.3) is 0 Å². The molecule has 30 heavy (non-hydrogen) atoms. The van der Waals surface area contributed by atoms with Gasteiger partial charge in [0.1, 0.15) is 0 Å². The molecular weight excluding hydrogens is 429 g/mol. The van der Waals surface area contributed by atoms with Crippen molar-refractivity contribution < 1.29 is 19.8 Å². The number of carbonyl (C=O) groups is 2. The maximum absolute atomic E-state index is 12.2. The van der Waals surface area contributed by atoms with Gasteiger partial charge < -0.3 is 25.7 Å². The van der Waals surface area contributed by atoms with E-state index in [1.807, 2.05) is 31.3 Å². The number of benzene rings is 2. The van der Waals surface area contributed by atoms with Crippen LogP contribution in [0.3, 0.4) is 0 Å². The summed E-state index contributed by atoms with van der Waals surface area (Å²) in [6, 6.07) is 9.66. The Morgan fingerprint density at radius 1 is 1.27 bits per heavy atom. The molecule has 4 N–H and O–H groups in total. The monoisotopic (exact) mass is 451 g/mol. The van der Waals surface area contributed by atoms with Crippen LogP contribution in [-0.4, -0.2) is 53.4 Å². The van der Waals surface area contributed by atoms with Gasteiger partial charge in [-0.05, 0) is 48.0 Å². The molecule has 160 valence electrons. The predicted molar refractivity (Wildman–Crippen MR) is 116 cm³/mol. The second-order valence-corrected chi connectivity index (χ2v) is 8.25. The Kier molecular flexibility index (Phi) is 7.20. The van der Waals surface area contributed by atoms with Crippen molar-refractivity contribution in [1.82, 2.24) is 10.2 Å². The third-order valence-corrected chi connectivity index (χ3v) is 5.57. The molecule has 1 heterocycles. The smallest absolute Gasteiger partial charge is 0.319 e. The van der Waals surface area contributed by atoms with Crippen molar-refractivity contribution in [2.45, 2.75) is 24.9 Å². The van der Waals surface area contributed by atoms with E-state index in [9.17, 15) is 14.7 Å². The number of hydrogen-bond donors (Lipinski definition) is 4. The summed E-state index contributed by atoms with van der Waals surface area (Å²) in [6.07, 6.45) is -0.364. The minimum absolute atomic E-state index is 0.0250. The van der Waals surface area contributed by atoms with E-state index in [0.717, 1.165) is 29.8 Å². The van der Waals surface area contributed by atoms with E-state index < -0.39 is 24.6 Å². The number of aliphatic carboxylic acids is 1. The molecular formula is C21H23Cl2N3O4. The average molecular weight is 452 g/mol. The summed E-state index contributed by atoms with van der Waals surface area (Å²) in [7, 11) is 2.02. The number of carboxylic acids is 1. The lowest BCUT2D eigenvalue weighted by Gasteiger charge is -2.33. The Bertz CT molecular complexity index is 954. The summed E-state index contributed by atoms with van der Waals surface area (Å²) < 4.78 is 0. The van der Waals surface area contributed by atoms with E-state index in [0.29, 0.717) is 15.7 Å². The molecule has 2 aromatic carbocycles. The number of anilines is 1.